The van der Waals surface area contributed by atoms with Gasteiger partial charge >= 0.3 is 6.18 Å². The van der Waals surface area contributed by atoms with Crippen LogP contribution < -0.4 is 4.31 Å². The van der Waals surface area contributed by atoms with Crippen LogP contribution in [0.1, 0.15) is 34.0 Å². The molecule has 0 bridgehead atoms. The molecule has 0 saturated carbocycles. The van der Waals surface area contributed by atoms with Gasteiger partial charge in [0, 0.05) is 5.56 Å². The molecule has 2 atom stereocenters. The summed E-state index contributed by atoms with van der Waals surface area (Å²) in [5.41, 5.74) is 0.407. The molecule has 3 aromatic rings. The summed E-state index contributed by atoms with van der Waals surface area (Å²) < 4.78 is 67.3. The molecule has 0 radical (unpaired) electrons. The van der Waals surface area contributed by atoms with E-state index < -0.39 is 33.2 Å². The fourth-order valence-electron chi connectivity index (χ4n) is 5.02. The van der Waals surface area contributed by atoms with Gasteiger partial charge in [-0.25, -0.2) is 8.42 Å². The second-order valence-corrected chi connectivity index (χ2v) is 9.97. The minimum absolute atomic E-state index is 0.141. The van der Waals surface area contributed by atoms with Crippen molar-refractivity contribution < 1.29 is 26.4 Å². The molecule has 0 unspecified atom stereocenters. The van der Waals surface area contributed by atoms with Crippen molar-refractivity contribution >= 4 is 21.5 Å². The Morgan fingerprint density at radius 1 is 0.938 bits per heavy atom. The zero-order valence-corrected chi connectivity index (χ0v) is 17.7. The van der Waals surface area contributed by atoms with Crippen LogP contribution in [-0.2, 0) is 28.0 Å². The van der Waals surface area contributed by atoms with Gasteiger partial charge in [-0.3, -0.25) is 9.10 Å². The fourth-order valence-corrected chi connectivity index (χ4v) is 6.74. The third-order valence-electron chi connectivity index (χ3n) is 6.56. The summed E-state index contributed by atoms with van der Waals surface area (Å²) in [6, 6.07) is 16.8. The molecule has 0 amide bonds. The highest BCUT2D eigenvalue weighted by molar-refractivity contribution is 7.92. The highest BCUT2D eigenvalue weighted by Crippen LogP contribution is 2.54. The van der Waals surface area contributed by atoms with Crippen LogP contribution >= 0.6 is 0 Å². The molecule has 2 aliphatic rings. The van der Waals surface area contributed by atoms with E-state index in [-0.39, 0.29) is 10.7 Å². The van der Waals surface area contributed by atoms with Crippen molar-refractivity contribution in [1.29, 1.82) is 0 Å². The fraction of sp³-hybridized carbons (Fsp3) is 0.208. The van der Waals surface area contributed by atoms with Gasteiger partial charge in [0.2, 0.25) is 0 Å². The predicted octanol–water partition coefficient (Wildman–Crippen LogP) is 4.98. The number of ketones is 1. The zero-order chi connectivity index (χ0) is 22.9. The van der Waals surface area contributed by atoms with E-state index >= 15 is 0 Å². The number of alkyl halides is 3. The van der Waals surface area contributed by atoms with E-state index in [2.05, 4.69) is 0 Å². The van der Waals surface area contributed by atoms with Gasteiger partial charge in [-0.05, 0) is 54.8 Å². The first kappa shape index (κ1) is 20.8. The first-order chi connectivity index (χ1) is 15.1. The molecule has 0 aromatic heterocycles. The zero-order valence-electron chi connectivity index (χ0n) is 16.9. The number of hydrogen-bond donors (Lipinski definition) is 0. The Labute approximate surface area is 183 Å². The number of fused-ring (bicyclic) bond motifs is 3. The van der Waals surface area contributed by atoms with Crippen molar-refractivity contribution in [3.63, 3.8) is 0 Å². The summed E-state index contributed by atoms with van der Waals surface area (Å²) in [5, 5.41) is 0. The second-order valence-electron chi connectivity index (χ2n) is 8.15. The van der Waals surface area contributed by atoms with Crippen molar-refractivity contribution in [1.82, 2.24) is 0 Å². The Bertz CT molecular complexity index is 1350. The van der Waals surface area contributed by atoms with E-state index in [0.717, 1.165) is 29.8 Å². The predicted molar refractivity (Wildman–Crippen MR) is 113 cm³/mol. The number of sulfonamides is 1. The van der Waals surface area contributed by atoms with Crippen LogP contribution in [0.25, 0.3) is 0 Å². The summed E-state index contributed by atoms with van der Waals surface area (Å²) in [6.45, 7) is 1.69. The summed E-state index contributed by atoms with van der Waals surface area (Å²) in [6.07, 6.45) is -4.21. The van der Waals surface area contributed by atoms with Crippen LogP contribution in [0.3, 0.4) is 0 Å². The molecule has 1 spiro atoms. The molecule has 32 heavy (non-hydrogen) atoms. The minimum atomic E-state index is -4.57. The Kier molecular flexibility index (Phi) is 4.33. The second kappa shape index (κ2) is 6.68. The number of halogens is 3. The number of Topliss-reactive ketones (excluding diaryl/α,β-unsaturated/α-hetero) is 1. The summed E-state index contributed by atoms with van der Waals surface area (Å²) in [7, 11) is -4.22. The molecule has 1 heterocycles. The van der Waals surface area contributed by atoms with Crippen LogP contribution in [0.4, 0.5) is 18.9 Å². The summed E-state index contributed by atoms with van der Waals surface area (Å²) in [5.74, 6) is -0.141. The van der Waals surface area contributed by atoms with Gasteiger partial charge in [-0.1, -0.05) is 42.5 Å². The molecular formula is C24H18F3NO3S. The Morgan fingerprint density at radius 3 is 2.22 bits per heavy atom. The molecule has 1 aliphatic carbocycles. The van der Waals surface area contributed by atoms with Gasteiger partial charge in [0.25, 0.3) is 10.0 Å². The Morgan fingerprint density at radius 2 is 1.56 bits per heavy atom. The molecule has 0 fully saturated rings. The third kappa shape index (κ3) is 2.68. The molecule has 4 nitrogen and oxygen atoms in total. The highest BCUT2D eigenvalue weighted by atomic mass is 32.2. The Hall–Kier alpha value is -3.13. The molecule has 8 heteroatoms. The van der Waals surface area contributed by atoms with Crippen LogP contribution in [0.15, 0.2) is 77.7 Å². The van der Waals surface area contributed by atoms with E-state index in [0.29, 0.717) is 23.2 Å². The number of nitrogens with zero attached hydrogens (tertiary/aromatic N) is 1. The lowest BCUT2D eigenvalue weighted by Gasteiger charge is -2.32. The number of para-hydroxylation sites is 1. The molecule has 5 rings (SSSR count). The van der Waals surface area contributed by atoms with Crippen LogP contribution in [0.5, 0.6) is 0 Å². The standard InChI is InChI=1S/C24H18F3NO3S/c1-15-23(14-16-6-2-3-7-19(16)22(23)29)20-8-4-5-9-21(20)28(15)32(30,31)18-12-10-17(11-13-18)24(25,26)27/h2-13,15H,14H2,1H3/t15-,23+/m0/s1. The van der Waals surface area contributed by atoms with Crippen LogP contribution in [0.2, 0.25) is 0 Å². The van der Waals surface area contributed by atoms with Gasteiger partial charge in [0.05, 0.1) is 27.6 Å². The van der Waals surface area contributed by atoms with Crippen molar-refractivity contribution in [2.24, 2.45) is 0 Å². The lowest BCUT2D eigenvalue weighted by molar-refractivity contribution is -0.137. The molecule has 0 N–H and O–H groups in total. The number of anilines is 1. The smallest absolute Gasteiger partial charge is 0.293 e. The summed E-state index contributed by atoms with van der Waals surface area (Å²) >= 11 is 0. The number of carbonyl (C=O) groups excluding carboxylic acids is 1. The molecule has 0 saturated heterocycles. The molecular weight excluding hydrogens is 439 g/mol. The van der Waals surface area contributed by atoms with E-state index in [1.54, 1.807) is 43.3 Å². The maximum absolute atomic E-state index is 13.6. The van der Waals surface area contributed by atoms with Gasteiger partial charge in [0.15, 0.2) is 5.78 Å². The maximum atomic E-state index is 13.6. The molecule has 3 aromatic carbocycles. The highest BCUT2D eigenvalue weighted by Gasteiger charge is 2.59. The average Bonchev–Trinajstić information content (AvgIpc) is 3.20. The van der Waals surface area contributed by atoms with E-state index in [9.17, 15) is 26.4 Å². The molecule has 164 valence electrons. The number of carbonyl (C=O) groups is 1. The van der Waals surface area contributed by atoms with Crippen LogP contribution in [0, 0.1) is 0 Å². The van der Waals surface area contributed by atoms with Crippen molar-refractivity contribution in [3.8, 4) is 0 Å². The first-order valence-corrected chi connectivity index (χ1v) is 11.5. The van der Waals surface area contributed by atoms with Crippen molar-refractivity contribution in [2.75, 3.05) is 4.31 Å². The van der Waals surface area contributed by atoms with Gasteiger partial charge in [-0.2, -0.15) is 13.2 Å². The SMILES string of the molecule is C[C@@H]1N(S(=O)(=O)c2ccc(C(F)(F)F)cc2)c2ccccc2[C@@]12Cc1ccccc1C2=O. The lowest BCUT2D eigenvalue weighted by atomic mass is 9.74. The molecule has 1 aliphatic heterocycles. The normalized spacial score (nSPS) is 22.3. The van der Waals surface area contributed by atoms with Crippen molar-refractivity contribution in [2.45, 2.75) is 35.9 Å². The number of rotatable bonds is 2. The quantitative estimate of drug-likeness (QED) is 0.546. The number of benzene rings is 3. The van der Waals surface area contributed by atoms with Gasteiger partial charge in [-0.15, -0.1) is 0 Å². The summed E-state index contributed by atoms with van der Waals surface area (Å²) in [4.78, 5) is 13.4. The first-order valence-electron chi connectivity index (χ1n) is 10.0. The lowest BCUT2D eigenvalue weighted by Crippen LogP contribution is -2.48. The largest absolute Gasteiger partial charge is 0.416 e. The average molecular weight is 457 g/mol. The van der Waals surface area contributed by atoms with E-state index in [1.807, 2.05) is 12.1 Å². The van der Waals surface area contributed by atoms with Crippen molar-refractivity contribution in [3.05, 3.63) is 95.1 Å². The van der Waals surface area contributed by atoms with Gasteiger partial charge in [0.1, 0.15) is 0 Å². The monoisotopic (exact) mass is 457 g/mol. The number of hydrogen-bond acceptors (Lipinski definition) is 3. The van der Waals surface area contributed by atoms with E-state index in [4.69, 9.17) is 0 Å². The topological polar surface area (TPSA) is 54.5 Å². The minimum Gasteiger partial charge on any atom is -0.293 e. The van der Waals surface area contributed by atoms with Crippen LogP contribution in [-0.4, -0.2) is 20.2 Å². The van der Waals surface area contributed by atoms with E-state index in [1.165, 1.54) is 4.31 Å². The third-order valence-corrected chi connectivity index (χ3v) is 8.46. The maximum Gasteiger partial charge on any atom is 0.416 e. The Balaban J connectivity index is 1.65. The van der Waals surface area contributed by atoms with Gasteiger partial charge < -0.3 is 0 Å².